The number of carbonyl (C=O) groups excluding carboxylic acids is 2. The molecule has 6 nitrogen and oxygen atoms in total. The molecule has 2 aromatic rings. The molecule has 2 rings (SSSR count). The SMILES string of the molecule is COC(=O)c1ccc(CC(=O)Nc2cc(CC(C)(C)C)no2)cc1. The summed E-state index contributed by atoms with van der Waals surface area (Å²) in [6.45, 7) is 6.33. The highest BCUT2D eigenvalue weighted by Gasteiger charge is 2.16. The fraction of sp³-hybridized carbons (Fsp3) is 0.389. The fourth-order valence-electron chi connectivity index (χ4n) is 2.24. The van der Waals surface area contributed by atoms with Crippen LogP contribution in [0.3, 0.4) is 0 Å². The number of anilines is 1. The quantitative estimate of drug-likeness (QED) is 0.851. The maximum Gasteiger partial charge on any atom is 0.337 e. The molecule has 1 aromatic heterocycles. The van der Waals surface area contributed by atoms with Crippen molar-refractivity contribution in [1.29, 1.82) is 0 Å². The summed E-state index contributed by atoms with van der Waals surface area (Å²) in [5.41, 5.74) is 2.14. The van der Waals surface area contributed by atoms with Crippen molar-refractivity contribution in [3.05, 3.63) is 47.2 Å². The summed E-state index contributed by atoms with van der Waals surface area (Å²) >= 11 is 0. The van der Waals surface area contributed by atoms with Crippen molar-refractivity contribution >= 4 is 17.8 Å². The van der Waals surface area contributed by atoms with Crippen LogP contribution in [0.5, 0.6) is 0 Å². The highest BCUT2D eigenvalue weighted by atomic mass is 16.5. The van der Waals surface area contributed by atoms with Crippen LogP contribution in [0.1, 0.15) is 42.4 Å². The summed E-state index contributed by atoms with van der Waals surface area (Å²) in [6, 6.07) is 8.44. The van der Waals surface area contributed by atoms with Gasteiger partial charge in [-0.25, -0.2) is 4.79 Å². The first-order chi connectivity index (χ1) is 11.3. The number of amides is 1. The summed E-state index contributed by atoms with van der Waals surface area (Å²) < 4.78 is 9.78. The van der Waals surface area contributed by atoms with Crippen molar-refractivity contribution in [2.24, 2.45) is 5.41 Å². The van der Waals surface area contributed by atoms with Crippen molar-refractivity contribution in [1.82, 2.24) is 5.16 Å². The lowest BCUT2D eigenvalue weighted by Crippen LogP contribution is -2.14. The monoisotopic (exact) mass is 330 g/mol. The third-order valence-electron chi connectivity index (χ3n) is 3.27. The van der Waals surface area contributed by atoms with Crippen LogP contribution in [0, 0.1) is 5.41 Å². The molecular formula is C18H22N2O4. The van der Waals surface area contributed by atoms with E-state index in [-0.39, 0.29) is 17.7 Å². The Morgan fingerprint density at radius 2 is 1.88 bits per heavy atom. The first-order valence-corrected chi connectivity index (χ1v) is 7.69. The van der Waals surface area contributed by atoms with Crippen LogP contribution in [0.25, 0.3) is 0 Å². The molecule has 24 heavy (non-hydrogen) atoms. The van der Waals surface area contributed by atoms with Crippen molar-refractivity contribution in [3.8, 4) is 0 Å². The summed E-state index contributed by atoms with van der Waals surface area (Å²) in [4.78, 5) is 23.4. The second kappa shape index (κ2) is 7.29. The Balaban J connectivity index is 1.92. The predicted octanol–water partition coefficient (Wildman–Crippen LogP) is 3.23. The number of nitrogens with one attached hydrogen (secondary N) is 1. The Bertz CT molecular complexity index is 711. The van der Waals surface area contributed by atoms with E-state index in [4.69, 9.17) is 4.52 Å². The topological polar surface area (TPSA) is 81.4 Å². The highest BCUT2D eigenvalue weighted by Crippen LogP contribution is 2.21. The van der Waals surface area contributed by atoms with Crippen LogP contribution in [0.15, 0.2) is 34.9 Å². The average Bonchev–Trinajstić information content (AvgIpc) is 2.91. The summed E-state index contributed by atoms with van der Waals surface area (Å²) in [6.07, 6.45) is 0.943. The number of aromatic nitrogens is 1. The zero-order chi connectivity index (χ0) is 17.7. The van der Waals surface area contributed by atoms with Gasteiger partial charge in [-0.15, -0.1) is 0 Å². The van der Waals surface area contributed by atoms with E-state index >= 15 is 0 Å². The van der Waals surface area contributed by atoms with Gasteiger partial charge < -0.3 is 9.26 Å². The highest BCUT2D eigenvalue weighted by molar-refractivity contribution is 5.92. The van der Waals surface area contributed by atoms with E-state index in [2.05, 4.69) is 36.0 Å². The van der Waals surface area contributed by atoms with Crippen molar-refractivity contribution < 1.29 is 18.8 Å². The molecule has 0 aliphatic heterocycles. The second-order valence-electron chi connectivity index (χ2n) is 6.83. The van der Waals surface area contributed by atoms with Gasteiger partial charge in [-0.05, 0) is 29.5 Å². The van der Waals surface area contributed by atoms with E-state index in [9.17, 15) is 9.59 Å². The Morgan fingerprint density at radius 1 is 1.21 bits per heavy atom. The normalized spacial score (nSPS) is 11.2. The fourth-order valence-corrected chi connectivity index (χ4v) is 2.24. The molecule has 0 saturated heterocycles. The second-order valence-corrected chi connectivity index (χ2v) is 6.83. The third kappa shape index (κ3) is 5.22. The van der Waals surface area contributed by atoms with Crippen LogP contribution in [0.2, 0.25) is 0 Å². The van der Waals surface area contributed by atoms with E-state index in [1.54, 1.807) is 30.3 Å². The Kier molecular flexibility index (Phi) is 5.39. The maximum absolute atomic E-state index is 12.1. The smallest absolute Gasteiger partial charge is 0.337 e. The van der Waals surface area contributed by atoms with Gasteiger partial charge in [0.05, 0.1) is 24.8 Å². The maximum atomic E-state index is 12.1. The van der Waals surface area contributed by atoms with E-state index in [0.717, 1.165) is 17.7 Å². The zero-order valence-corrected chi connectivity index (χ0v) is 14.4. The van der Waals surface area contributed by atoms with Crippen molar-refractivity contribution in [2.45, 2.75) is 33.6 Å². The Morgan fingerprint density at radius 3 is 2.46 bits per heavy atom. The van der Waals surface area contributed by atoms with Gasteiger partial charge in [0, 0.05) is 6.07 Å². The number of nitrogens with zero attached hydrogens (tertiary/aromatic N) is 1. The van der Waals surface area contributed by atoms with Gasteiger partial charge in [0.2, 0.25) is 11.8 Å². The average molecular weight is 330 g/mol. The van der Waals surface area contributed by atoms with E-state index in [0.29, 0.717) is 11.4 Å². The number of hydrogen-bond acceptors (Lipinski definition) is 5. The molecule has 0 bridgehead atoms. The molecule has 1 aromatic carbocycles. The third-order valence-corrected chi connectivity index (χ3v) is 3.27. The Hall–Kier alpha value is -2.63. The summed E-state index contributed by atoms with van der Waals surface area (Å²) in [7, 11) is 1.33. The molecule has 0 aliphatic rings. The summed E-state index contributed by atoms with van der Waals surface area (Å²) in [5.74, 6) is -0.274. The van der Waals surface area contributed by atoms with E-state index in [1.165, 1.54) is 7.11 Å². The zero-order valence-electron chi connectivity index (χ0n) is 14.4. The van der Waals surface area contributed by atoms with Gasteiger partial charge in [-0.1, -0.05) is 38.1 Å². The molecule has 6 heteroatoms. The van der Waals surface area contributed by atoms with Crippen molar-refractivity contribution in [3.63, 3.8) is 0 Å². The first-order valence-electron chi connectivity index (χ1n) is 7.69. The number of ether oxygens (including phenoxy) is 1. The Labute approximate surface area is 141 Å². The number of esters is 1. The minimum Gasteiger partial charge on any atom is -0.465 e. The van der Waals surface area contributed by atoms with Crippen molar-refractivity contribution in [2.75, 3.05) is 12.4 Å². The summed E-state index contributed by atoms with van der Waals surface area (Å²) in [5, 5.41) is 6.65. The molecule has 1 N–H and O–H groups in total. The standard InChI is InChI=1S/C18H22N2O4/c1-18(2,3)11-14-10-16(24-20-14)19-15(21)9-12-5-7-13(8-6-12)17(22)23-4/h5-8,10H,9,11H2,1-4H3,(H,19,21). The van der Waals surface area contributed by atoms with E-state index < -0.39 is 5.97 Å². The first kappa shape index (κ1) is 17.7. The molecule has 0 saturated carbocycles. The van der Waals surface area contributed by atoms with Crippen LogP contribution < -0.4 is 5.32 Å². The molecular weight excluding hydrogens is 308 g/mol. The van der Waals surface area contributed by atoms with Crippen LogP contribution in [-0.4, -0.2) is 24.1 Å². The minimum atomic E-state index is -0.404. The molecule has 0 spiro atoms. The van der Waals surface area contributed by atoms with Gasteiger partial charge in [0.15, 0.2) is 0 Å². The number of rotatable bonds is 5. The lowest BCUT2D eigenvalue weighted by Gasteiger charge is -2.14. The van der Waals surface area contributed by atoms with Crippen LogP contribution in [0.4, 0.5) is 5.88 Å². The minimum absolute atomic E-state index is 0.0968. The van der Waals surface area contributed by atoms with Gasteiger partial charge in [0.1, 0.15) is 0 Å². The molecule has 1 heterocycles. The van der Waals surface area contributed by atoms with Crippen LogP contribution >= 0.6 is 0 Å². The van der Waals surface area contributed by atoms with Gasteiger partial charge >= 0.3 is 5.97 Å². The number of methoxy groups -OCH3 is 1. The molecule has 0 unspecified atom stereocenters. The molecule has 0 atom stereocenters. The number of carbonyl (C=O) groups is 2. The van der Waals surface area contributed by atoms with Crippen LogP contribution in [-0.2, 0) is 22.4 Å². The molecule has 0 fully saturated rings. The lowest BCUT2D eigenvalue weighted by atomic mass is 9.91. The predicted molar refractivity (Wildman–Crippen MR) is 89.8 cm³/mol. The number of hydrogen-bond donors (Lipinski definition) is 1. The molecule has 128 valence electrons. The van der Waals surface area contributed by atoms with E-state index in [1.807, 2.05) is 0 Å². The van der Waals surface area contributed by atoms with Gasteiger partial charge in [-0.2, -0.15) is 0 Å². The lowest BCUT2D eigenvalue weighted by molar-refractivity contribution is -0.115. The number of benzene rings is 1. The molecule has 1 amide bonds. The van der Waals surface area contributed by atoms with Gasteiger partial charge in [0.25, 0.3) is 0 Å². The molecule has 0 radical (unpaired) electrons. The molecule has 0 aliphatic carbocycles. The van der Waals surface area contributed by atoms with Gasteiger partial charge in [-0.3, -0.25) is 10.1 Å². The largest absolute Gasteiger partial charge is 0.465 e.